The highest BCUT2D eigenvalue weighted by molar-refractivity contribution is 7.92. The Kier molecular flexibility index (Phi) is 8.70. The maximum atomic E-state index is 13.9. The van der Waals surface area contributed by atoms with E-state index in [1.165, 1.54) is 19.2 Å². The van der Waals surface area contributed by atoms with Crippen LogP contribution in [0.4, 0.5) is 30.5 Å². The van der Waals surface area contributed by atoms with Gasteiger partial charge in [-0.15, -0.1) is 0 Å². The number of aryl methyl sites for hydroxylation is 1. The van der Waals surface area contributed by atoms with E-state index in [1.54, 1.807) is 25.1 Å². The minimum absolute atomic E-state index is 0.0440. The van der Waals surface area contributed by atoms with Gasteiger partial charge in [0, 0.05) is 12.2 Å². The molecule has 1 aromatic heterocycles. The third-order valence-electron chi connectivity index (χ3n) is 7.11. The molecule has 2 fully saturated rings. The van der Waals surface area contributed by atoms with E-state index in [2.05, 4.69) is 37.3 Å². The van der Waals surface area contributed by atoms with E-state index in [4.69, 9.17) is 14.2 Å². The van der Waals surface area contributed by atoms with Crippen LogP contribution in [0.2, 0.25) is 0 Å². The standard InChI is InChI=1S/C28H33F3N6O5S/c1-16-5-7-21(36-43(4,38)39)23(13-16)41-25-19(28(29,30)31)15-32-27(35-25)34-20-8-6-17(14-22(20)40-3)24-26(42-24)33-18-9-11-37(2)12-10-18/h5-8,13-15,18,24,26,33,36H,9-12H2,1-4H3,(H,32,34,35). The first kappa shape index (κ1) is 30.8. The average Bonchev–Trinajstić information content (AvgIpc) is 3.69. The highest BCUT2D eigenvalue weighted by Crippen LogP contribution is 2.42. The molecule has 232 valence electrons. The van der Waals surface area contributed by atoms with Gasteiger partial charge in [-0.3, -0.25) is 10.0 Å². The van der Waals surface area contributed by atoms with Crippen LogP contribution in [0.25, 0.3) is 0 Å². The number of ether oxygens (including phenoxy) is 3. The molecule has 15 heteroatoms. The van der Waals surface area contributed by atoms with E-state index < -0.39 is 27.6 Å². The number of anilines is 3. The second-order valence-corrected chi connectivity index (χ2v) is 12.4. The molecule has 0 spiro atoms. The summed E-state index contributed by atoms with van der Waals surface area (Å²) >= 11 is 0. The first-order valence-electron chi connectivity index (χ1n) is 13.5. The molecule has 2 aromatic carbocycles. The summed E-state index contributed by atoms with van der Waals surface area (Å²) in [6.45, 7) is 3.75. The first-order valence-corrected chi connectivity index (χ1v) is 15.4. The minimum atomic E-state index is -4.84. The molecule has 3 N–H and O–H groups in total. The smallest absolute Gasteiger partial charge is 0.423 e. The number of halogens is 3. The van der Waals surface area contributed by atoms with Crippen LogP contribution in [0.1, 0.15) is 35.6 Å². The molecule has 2 aliphatic heterocycles. The number of likely N-dealkylation sites (tertiary alicyclic amines) is 1. The van der Waals surface area contributed by atoms with Crippen LogP contribution < -0.4 is 24.8 Å². The fraction of sp³-hybridized carbons (Fsp3) is 0.429. The molecule has 2 atom stereocenters. The number of aromatic nitrogens is 2. The topological polar surface area (TPSA) is 130 Å². The van der Waals surface area contributed by atoms with Gasteiger partial charge in [-0.1, -0.05) is 12.1 Å². The van der Waals surface area contributed by atoms with Crippen molar-refractivity contribution in [1.29, 1.82) is 0 Å². The highest BCUT2D eigenvalue weighted by Gasteiger charge is 2.42. The Hall–Kier alpha value is -3.66. The van der Waals surface area contributed by atoms with Gasteiger partial charge in [-0.05, 0) is 75.3 Å². The lowest BCUT2D eigenvalue weighted by molar-refractivity contribution is -0.139. The van der Waals surface area contributed by atoms with Crippen molar-refractivity contribution in [1.82, 2.24) is 20.2 Å². The van der Waals surface area contributed by atoms with E-state index in [9.17, 15) is 21.6 Å². The summed E-state index contributed by atoms with van der Waals surface area (Å²) in [6.07, 6.45) is -1.47. The molecular formula is C28H33F3N6O5S. The lowest BCUT2D eigenvalue weighted by Crippen LogP contribution is -2.42. The molecule has 11 nitrogen and oxygen atoms in total. The van der Waals surface area contributed by atoms with Crippen LogP contribution in [-0.2, 0) is 20.9 Å². The van der Waals surface area contributed by atoms with Gasteiger partial charge in [0.25, 0.3) is 0 Å². The molecule has 3 aromatic rings. The zero-order chi connectivity index (χ0) is 30.9. The number of alkyl halides is 3. The largest absolute Gasteiger partial charge is 0.495 e. The van der Waals surface area contributed by atoms with E-state index >= 15 is 0 Å². The van der Waals surface area contributed by atoms with Gasteiger partial charge in [0.15, 0.2) is 5.75 Å². The number of piperidine rings is 1. The molecule has 2 unspecified atom stereocenters. The Bertz CT molecular complexity index is 1580. The number of hydrogen-bond donors (Lipinski definition) is 3. The fourth-order valence-electron chi connectivity index (χ4n) is 4.81. The molecule has 0 saturated carbocycles. The van der Waals surface area contributed by atoms with Crippen molar-refractivity contribution in [3.8, 4) is 17.4 Å². The lowest BCUT2D eigenvalue weighted by Gasteiger charge is -2.29. The molecule has 2 saturated heterocycles. The summed E-state index contributed by atoms with van der Waals surface area (Å²) in [5.74, 6) is -0.744. The number of nitrogens with zero attached hydrogens (tertiary/aromatic N) is 3. The Morgan fingerprint density at radius 2 is 1.79 bits per heavy atom. The summed E-state index contributed by atoms with van der Waals surface area (Å²) in [4.78, 5) is 10.1. The summed E-state index contributed by atoms with van der Waals surface area (Å²) in [5, 5.41) is 6.44. The molecule has 3 heterocycles. The van der Waals surface area contributed by atoms with E-state index in [1.807, 2.05) is 6.07 Å². The Balaban J connectivity index is 1.36. The average molecular weight is 623 g/mol. The number of benzene rings is 2. The van der Waals surface area contributed by atoms with Gasteiger partial charge in [0.05, 0.1) is 24.7 Å². The summed E-state index contributed by atoms with van der Waals surface area (Å²) in [6, 6.07) is 10.1. The van der Waals surface area contributed by atoms with Gasteiger partial charge in [-0.25, -0.2) is 13.4 Å². The zero-order valence-electron chi connectivity index (χ0n) is 24.0. The van der Waals surface area contributed by atoms with Gasteiger partial charge in [0.1, 0.15) is 23.6 Å². The van der Waals surface area contributed by atoms with Crippen LogP contribution in [-0.4, -0.2) is 69.1 Å². The van der Waals surface area contributed by atoms with Gasteiger partial charge in [-0.2, -0.15) is 18.2 Å². The van der Waals surface area contributed by atoms with Crippen molar-refractivity contribution in [2.75, 3.05) is 43.5 Å². The molecule has 0 radical (unpaired) electrons. The lowest BCUT2D eigenvalue weighted by atomic mass is 10.0. The summed E-state index contributed by atoms with van der Waals surface area (Å²) < 4.78 is 84.5. The minimum Gasteiger partial charge on any atom is -0.495 e. The number of hydrogen-bond acceptors (Lipinski definition) is 10. The van der Waals surface area contributed by atoms with E-state index in [0.717, 1.165) is 37.8 Å². The maximum Gasteiger partial charge on any atom is 0.423 e. The number of epoxide rings is 1. The van der Waals surface area contributed by atoms with E-state index in [0.29, 0.717) is 29.2 Å². The van der Waals surface area contributed by atoms with E-state index in [-0.39, 0.29) is 29.7 Å². The SMILES string of the molecule is COc1cc(C2OC2NC2CCN(C)CC2)ccc1Nc1ncc(C(F)(F)F)c(Oc2cc(C)ccc2NS(C)(=O)=O)n1. The Morgan fingerprint density at radius 1 is 1.07 bits per heavy atom. The van der Waals surface area contributed by atoms with Crippen molar-refractivity contribution < 1.29 is 35.8 Å². The van der Waals surface area contributed by atoms with Crippen molar-refractivity contribution >= 4 is 27.3 Å². The normalized spacial score (nSPS) is 19.6. The van der Waals surface area contributed by atoms with Gasteiger partial charge >= 0.3 is 6.18 Å². The molecule has 0 amide bonds. The van der Waals surface area contributed by atoms with Crippen LogP contribution in [0.5, 0.6) is 17.4 Å². The highest BCUT2D eigenvalue weighted by atomic mass is 32.2. The quantitative estimate of drug-likeness (QED) is 0.271. The zero-order valence-corrected chi connectivity index (χ0v) is 24.8. The molecule has 2 aliphatic rings. The van der Waals surface area contributed by atoms with Crippen molar-refractivity contribution in [2.24, 2.45) is 0 Å². The fourth-order valence-corrected chi connectivity index (χ4v) is 5.38. The third kappa shape index (κ3) is 7.84. The molecule has 0 bridgehead atoms. The van der Waals surface area contributed by atoms with Crippen LogP contribution in [0.15, 0.2) is 42.6 Å². The predicted octanol–water partition coefficient (Wildman–Crippen LogP) is 4.80. The van der Waals surface area contributed by atoms with Gasteiger partial charge in [0.2, 0.25) is 21.9 Å². The molecular weight excluding hydrogens is 589 g/mol. The first-order chi connectivity index (χ1) is 20.3. The number of rotatable bonds is 10. The predicted molar refractivity (Wildman–Crippen MR) is 154 cm³/mol. The second-order valence-electron chi connectivity index (χ2n) is 10.7. The Morgan fingerprint density at radius 3 is 2.47 bits per heavy atom. The Labute approximate surface area is 247 Å². The molecule has 43 heavy (non-hydrogen) atoms. The van der Waals surface area contributed by atoms with Crippen LogP contribution in [0, 0.1) is 6.92 Å². The molecule has 5 rings (SSSR count). The second kappa shape index (κ2) is 12.1. The van der Waals surface area contributed by atoms with Crippen molar-refractivity contribution in [3.63, 3.8) is 0 Å². The maximum absolute atomic E-state index is 13.9. The molecule has 0 aliphatic carbocycles. The number of methoxy groups -OCH3 is 1. The monoisotopic (exact) mass is 622 g/mol. The number of nitrogens with one attached hydrogen (secondary N) is 3. The van der Waals surface area contributed by atoms with Crippen molar-refractivity contribution in [2.45, 2.75) is 44.3 Å². The number of sulfonamides is 1. The summed E-state index contributed by atoms with van der Waals surface area (Å²) in [7, 11) is -0.161. The van der Waals surface area contributed by atoms with Crippen LogP contribution >= 0.6 is 0 Å². The van der Waals surface area contributed by atoms with Crippen LogP contribution in [0.3, 0.4) is 0 Å². The van der Waals surface area contributed by atoms with Crippen molar-refractivity contribution in [3.05, 3.63) is 59.3 Å². The van der Waals surface area contributed by atoms with Gasteiger partial charge < -0.3 is 24.4 Å². The third-order valence-corrected chi connectivity index (χ3v) is 7.70. The summed E-state index contributed by atoms with van der Waals surface area (Å²) in [5.41, 5.74) is 0.643.